The molecule has 4 nitrogen and oxygen atoms in total. The monoisotopic (exact) mass is 254 g/mol. The zero-order chi connectivity index (χ0) is 13.2. The Bertz CT molecular complexity index is 304. The quantitative estimate of drug-likeness (QED) is 0.738. The van der Waals surface area contributed by atoms with Crippen molar-refractivity contribution in [3.05, 3.63) is 0 Å². The van der Waals surface area contributed by atoms with Gasteiger partial charge in [0.2, 0.25) is 5.91 Å². The van der Waals surface area contributed by atoms with E-state index in [0.717, 1.165) is 38.8 Å². The summed E-state index contributed by atoms with van der Waals surface area (Å²) in [5.74, 6) is 0.411. The van der Waals surface area contributed by atoms with E-state index < -0.39 is 5.60 Å². The van der Waals surface area contributed by atoms with Crippen LogP contribution in [0.2, 0.25) is 0 Å². The third kappa shape index (κ3) is 3.23. The molecular weight excluding hydrogens is 228 g/mol. The molecule has 2 heterocycles. The van der Waals surface area contributed by atoms with Crippen LogP contribution in [-0.2, 0) is 4.79 Å². The Hall–Kier alpha value is -0.610. The van der Waals surface area contributed by atoms with Crippen LogP contribution in [0.15, 0.2) is 0 Å². The third-order valence-electron chi connectivity index (χ3n) is 4.45. The lowest BCUT2D eigenvalue weighted by atomic mass is 9.90. The Morgan fingerprint density at radius 2 is 2.11 bits per heavy atom. The van der Waals surface area contributed by atoms with Crippen LogP contribution in [0.25, 0.3) is 0 Å². The van der Waals surface area contributed by atoms with Gasteiger partial charge >= 0.3 is 0 Å². The van der Waals surface area contributed by atoms with Gasteiger partial charge in [-0.15, -0.1) is 0 Å². The molecule has 2 aliphatic heterocycles. The molecule has 2 saturated heterocycles. The fourth-order valence-corrected chi connectivity index (χ4v) is 3.10. The van der Waals surface area contributed by atoms with Crippen molar-refractivity contribution in [1.82, 2.24) is 10.2 Å². The normalized spacial score (nSPS) is 38.3. The molecule has 4 heteroatoms. The predicted octanol–water partition coefficient (Wildman–Crippen LogP) is 1.14. The van der Waals surface area contributed by atoms with E-state index in [1.165, 1.54) is 0 Å². The molecule has 0 radical (unpaired) electrons. The maximum atomic E-state index is 12.5. The van der Waals surface area contributed by atoms with Crippen LogP contribution in [0.3, 0.4) is 0 Å². The molecule has 0 aromatic rings. The standard InChI is InChI=1S/C14H26N2O2/c1-11-12(5-3-8-15-11)13(17)16-9-4-6-14(2,18)7-10-16/h11-12,15,18H,3-10H2,1-2H3. The number of amides is 1. The van der Waals surface area contributed by atoms with Gasteiger partial charge in [0.15, 0.2) is 0 Å². The summed E-state index contributed by atoms with van der Waals surface area (Å²) in [7, 11) is 0. The molecule has 2 rings (SSSR count). The van der Waals surface area contributed by atoms with Crippen LogP contribution in [0.1, 0.15) is 46.0 Å². The van der Waals surface area contributed by atoms with Gasteiger partial charge in [-0.3, -0.25) is 4.79 Å². The molecule has 3 atom stereocenters. The van der Waals surface area contributed by atoms with Crippen LogP contribution in [0.5, 0.6) is 0 Å². The largest absolute Gasteiger partial charge is 0.390 e. The Labute approximate surface area is 110 Å². The zero-order valence-electron chi connectivity index (χ0n) is 11.6. The predicted molar refractivity (Wildman–Crippen MR) is 71.2 cm³/mol. The van der Waals surface area contributed by atoms with E-state index in [0.29, 0.717) is 13.0 Å². The minimum Gasteiger partial charge on any atom is -0.390 e. The van der Waals surface area contributed by atoms with Gasteiger partial charge in [0.25, 0.3) is 0 Å². The lowest BCUT2D eigenvalue weighted by Crippen LogP contribution is -2.48. The number of hydrogen-bond donors (Lipinski definition) is 2. The summed E-state index contributed by atoms with van der Waals surface area (Å²) in [5.41, 5.74) is -0.592. The second-order valence-corrected chi connectivity index (χ2v) is 6.17. The van der Waals surface area contributed by atoms with E-state index in [4.69, 9.17) is 0 Å². The highest BCUT2D eigenvalue weighted by atomic mass is 16.3. The molecule has 18 heavy (non-hydrogen) atoms. The summed E-state index contributed by atoms with van der Waals surface area (Å²) < 4.78 is 0. The van der Waals surface area contributed by atoms with E-state index >= 15 is 0 Å². The van der Waals surface area contributed by atoms with E-state index in [9.17, 15) is 9.90 Å². The molecule has 2 fully saturated rings. The third-order valence-corrected chi connectivity index (χ3v) is 4.45. The summed E-state index contributed by atoms with van der Waals surface area (Å²) in [5, 5.41) is 13.5. The highest BCUT2D eigenvalue weighted by Gasteiger charge is 2.33. The van der Waals surface area contributed by atoms with Crippen molar-refractivity contribution < 1.29 is 9.90 Å². The van der Waals surface area contributed by atoms with E-state index in [1.807, 2.05) is 11.8 Å². The van der Waals surface area contributed by atoms with Crippen LogP contribution in [0, 0.1) is 5.92 Å². The molecule has 0 bridgehead atoms. The van der Waals surface area contributed by atoms with Crippen molar-refractivity contribution in [2.75, 3.05) is 19.6 Å². The molecule has 0 saturated carbocycles. The Kier molecular flexibility index (Phi) is 4.28. The first-order valence-electron chi connectivity index (χ1n) is 7.24. The molecule has 104 valence electrons. The smallest absolute Gasteiger partial charge is 0.227 e. The number of carbonyl (C=O) groups excluding carboxylic acids is 1. The van der Waals surface area contributed by atoms with E-state index in [1.54, 1.807) is 0 Å². The second kappa shape index (κ2) is 5.57. The second-order valence-electron chi connectivity index (χ2n) is 6.17. The number of carbonyl (C=O) groups is 1. The number of aliphatic hydroxyl groups is 1. The first kappa shape index (κ1) is 13.8. The van der Waals surface area contributed by atoms with Crippen molar-refractivity contribution in [3.63, 3.8) is 0 Å². The van der Waals surface area contributed by atoms with Crippen molar-refractivity contribution in [1.29, 1.82) is 0 Å². The van der Waals surface area contributed by atoms with Crippen molar-refractivity contribution in [3.8, 4) is 0 Å². The highest BCUT2D eigenvalue weighted by molar-refractivity contribution is 5.79. The summed E-state index contributed by atoms with van der Waals surface area (Å²) in [6.45, 7) is 6.52. The SMILES string of the molecule is CC1NCCCC1C(=O)N1CCCC(C)(O)CC1. The first-order chi connectivity index (χ1) is 8.49. The molecule has 0 aliphatic carbocycles. The molecular formula is C14H26N2O2. The van der Waals surface area contributed by atoms with Crippen LogP contribution in [0.4, 0.5) is 0 Å². The number of nitrogens with zero attached hydrogens (tertiary/aromatic N) is 1. The number of nitrogens with one attached hydrogen (secondary N) is 1. The Balaban J connectivity index is 1.96. The summed E-state index contributed by atoms with van der Waals surface area (Å²) in [4.78, 5) is 14.5. The summed E-state index contributed by atoms with van der Waals surface area (Å²) in [6.07, 6.45) is 4.50. The molecule has 2 N–H and O–H groups in total. The molecule has 0 spiro atoms. The molecule has 0 aromatic heterocycles. The number of rotatable bonds is 1. The van der Waals surface area contributed by atoms with E-state index in [2.05, 4.69) is 12.2 Å². The van der Waals surface area contributed by atoms with Crippen LogP contribution in [-0.4, -0.2) is 47.2 Å². The first-order valence-corrected chi connectivity index (χ1v) is 7.24. The lowest BCUT2D eigenvalue weighted by molar-refractivity contribution is -0.137. The summed E-state index contributed by atoms with van der Waals surface area (Å²) in [6, 6.07) is 0.287. The van der Waals surface area contributed by atoms with Gasteiger partial charge in [0, 0.05) is 19.1 Å². The minimum atomic E-state index is -0.592. The van der Waals surface area contributed by atoms with Gasteiger partial charge in [-0.25, -0.2) is 0 Å². The Morgan fingerprint density at radius 1 is 1.33 bits per heavy atom. The van der Waals surface area contributed by atoms with Crippen LogP contribution >= 0.6 is 0 Å². The van der Waals surface area contributed by atoms with Gasteiger partial charge in [-0.2, -0.15) is 0 Å². The van der Waals surface area contributed by atoms with Gasteiger partial charge < -0.3 is 15.3 Å². The fraction of sp³-hybridized carbons (Fsp3) is 0.929. The molecule has 2 aliphatic rings. The topological polar surface area (TPSA) is 52.6 Å². The van der Waals surface area contributed by atoms with E-state index in [-0.39, 0.29) is 17.9 Å². The van der Waals surface area contributed by atoms with Gasteiger partial charge in [-0.1, -0.05) is 0 Å². The minimum absolute atomic E-state index is 0.127. The zero-order valence-corrected chi connectivity index (χ0v) is 11.6. The fourth-order valence-electron chi connectivity index (χ4n) is 3.10. The van der Waals surface area contributed by atoms with Crippen LogP contribution < -0.4 is 5.32 Å². The maximum absolute atomic E-state index is 12.5. The molecule has 0 aromatic carbocycles. The maximum Gasteiger partial charge on any atom is 0.227 e. The van der Waals surface area contributed by atoms with Gasteiger partial charge in [0.05, 0.1) is 11.5 Å². The average molecular weight is 254 g/mol. The number of piperidine rings is 1. The number of hydrogen-bond acceptors (Lipinski definition) is 3. The van der Waals surface area contributed by atoms with Crippen molar-refractivity contribution >= 4 is 5.91 Å². The van der Waals surface area contributed by atoms with Crippen molar-refractivity contribution in [2.45, 2.75) is 57.6 Å². The van der Waals surface area contributed by atoms with Gasteiger partial charge in [0.1, 0.15) is 0 Å². The number of likely N-dealkylation sites (tertiary alicyclic amines) is 1. The molecule has 3 unspecified atom stereocenters. The van der Waals surface area contributed by atoms with Crippen molar-refractivity contribution in [2.24, 2.45) is 5.92 Å². The summed E-state index contributed by atoms with van der Waals surface area (Å²) >= 11 is 0. The lowest BCUT2D eigenvalue weighted by Gasteiger charge is -2.33. The average Bonchev–Trinajstić information content (AvgIpc) is 2.50. The Morgan fingerprint density at radius 3 is 2.83 bits per heavy atom. The molecule has 1 amide bonds. The van der Waals surface area contributed by atoms with Gasteiger partial charge in [-0.05, 0) is 52.5 Å². The highest BCUT2D eigenvalue weighted by Crippen LogP contribution is 2.25.